The number of amides is 1. The number of rotatable bonds is 8. The van der Waals surface area contributed by atoms with Crippen molar-refractivity contribution in [2.45, 2.75) is 39.8 Å². The van der Waals surface area contributed by atoms with Crippen molar-refractivity contribution in [3.8, 4) is 5.75 Å². The van der Waals surface area contributed by atoms with E-state index >= 15 is 0 Å². The van der Waals surface area contributed by atoms with Gasteiger partial charge in [0, 0.05) is 17.1 Å². The molecule has 1 unspecified atom stereocenters. The van der Waals surface area contributed by atoms with Gasteiger partial charge in [-0.3, -0.25) is 4.79 Å². The second-order valence-electron chi connectivity index (χ2n) is 8.22. The van der Waals surface area contributed by atoms with Gasteiger partial charge in [0.25, 0.3) is 5.91 Å². The number of ether oxygens (including phenoxy) is 1. The van der Waals surface area contributed by atoms with Crippen molar-refractivity contribution >= 4 is 28.5 Å². The summed E-state index contributed by atoms with van der Waals surface area (Å²) < 4.78 is 8.22. The number of fused-ring (bicyclic) bond motifs is 1. The third kappa shape index (κ3) is 5.20. The molecule has 33 heavy (non-hydrogen) atoms. The van der Waals surface area contributed by atoms with Gasteiger partial charge in [0.2, 0.25) is 0 Å². The summed E-state index contributed by atoms with van der Waals surface area (Å²) in [5.74, 6) is 1.56. The van der Waals surface area contributed by atoms with Gasteiger partial charge in [0.1, 0.15) is 11.6 Å². The lowest BCUT2D eigenvalue weighted by atomic mass is 10.1. The fraction of sp³-hybridized carbons (Fsp3) is 0.259. The summed E-state index contributed by atoms with van der Waals surface area (Å²) in [6, 6.07) is 20.8. The van der Waals surface area contributed by atoms with Crippen molar-refractivity contribution in [1.82, 2.24) is 14.9 Å². The molecular weight excluding hydrogens is 434 g/mol. The van der Waals surface area contributed by atoms with Crippen molar-refractivity contribution in [2.75, 3.05) is 6.61 Å². The molecular formula is C27H28ClN3O2. The molecule has 0 saturated heterocycles. The molecule has 1 heterocycles. The molecule has 170 valence electrons. The minimum Gasteiger partial charge on any atom is -0.493 e. The van der Waals surface area contributed by atoms with Crippen molar-refractivity contribution < 1.29 is 9.53 Å². The molecule has 6 heteroatoms. The van der Waals surface area contributed by atoms with E-state index < -0.39 is 0 Å². The van der Waals surface area contributed by atoms with Gasteiger partial charge in [0.05, 0.1) is 23.7 Å². The van der Waals surface area contributed by atoms with E-state index in [4.69, 9.17) is 21.3 Å². The molecule has 4 aromatic rings. The molecule has 1 atom stereocenters. The number of nitrogens with zero attached hydrogens (tertiary/aromatic N) is 2. The molecule has 0 fully saturated rings. The van der Waals surface area contributed by atoms with E-state index in [-0.39, 0.29) is 11.9 Å². The standard InChI is InChI=1S/C27H28ClN3O2/c1-18-9-6-14-25(19(18)2)33-16-8-15-31-24-13-5-4-12-23(24)30-26(31)20(3)29-27(32)21-10-7-11-22(28)17-21/h4-7,9-14,17,20H,8,15-16H2,1-3H3,(H,29,32). The number of nitrogens with one attached hydrogen (secondary N) is 1. The molecule has 0 aliphatic heterocycles. The van der Waals surface area contributed by atoms with Crippen LogP contribution < -0.4 is 10.1 Å². The number of hydrogen-bond acceptors (Lipinski definition) is 3. The normalized spacial score (nSPS) is 12.0. The molecule has 0 aliphatic carbocycles. The molecule has 0 spiro atoms. The Morgan fingerprint density at radius 1 is 1.09 bits per heavy atom. The Morgan fingerprint density at radius 2 is 1.88 bits per heavy atom. The first-order valence-corrected chi connectivity index (χ1v) is 11.5. The molecule has 1 N–H and O–H groups in total. The SMILES string of the molecule is Cc1cccc(OCCCn2c(C(C)NC(=O)c3cccc(Cl)c3)nc3ccccc32)c1C. The Hall–Kier alpha value is -3.31. The van der Waals surface area contributed by atoms with Crippen LogP contribution in [0.25, 0.3) is 11.0 Å². The molecule has 0 bridgehead atoms. The average Bonchev–Trinajstić information content (AvgIpc) is 3.18. The van der Waals surface area contributed by atoms with E-state index in [9.17, 15) is 4.79 Å². The zero-order valence-electron chi connectivity index (χ0n) is 19.1. The number of carbonyl (C=O) groups is 1. The van der Waals surface area contributed by atoms with E-state index in [1.54, 1.807) is 24.3 Å². The summed E-state index contributed by atoms with van der Waals surface area (Å²) in [6.07, 6.45) is 0.815. The van der Waals surface area contributed by atoms with Crippen LogP contribution in [0, 0.1) is 13.8 Å². The minimum atomic E-state index is -0.274. The number of carbonyl (C=O) groups excluding carboxylic acids is 1. The number of halogens is 1. The Labute approximate surface area is 199 Å². The van der Waals surface area contributed by atoms with E-state index in [1.165, 1.54) is 11.1 Å². The van der Waals surface area contributed by atoms with Gasteiger partial charge in [0.15, 0.2) is 0 Å². The number of aryl methyl sites for hydroxylation is 2. The lowest BCUT2D eigenvalue weighted by Gasteiger charge is -2.17. The number of benzene rings is 3. The van der Waals surface area contributed by atoms with Gasteiger partial charge in [-0.05, 0) is 74.7 Å². The fourth-order valence-corrected chi connectivity index (χ4v) is 4.11. The summed E-state index contributed by atoms with van der Waals surface area (Å²) in [6.45, 7) is 7.45. The van der Waals surface area contributed by atoms with Crippen molar-refractivity contribution in [3.63, 3.8) is 0 Å². The second kappa shape index (κ2) is 10.1. The predicted molar refractivity (Wildman–Crippen MR) is 133 cm³/mol. The summed E-state index contributed by atoms with van der Waals surface area (Å²) in [5.41, 5.74) is 4.87. The number of imidazole rings is 1. The lowest BCUT2D eigenvalue weighted by molar-refractivity contribution is 0.0937. The van der Waals surface area contributed by atoms with Crippen molar-refractivity contribution in [3.05, 3.63) is 94.3 Å². The van der Waals surface area contributed by atoms with E-state index in [1.807, 2.05) is 37.3 Å². The van der Waals surface area contributed by atoms with Crippen LogP contribution >= 0.6 is 11.6 Å². The van der Waals surface area contributed by atoms with Crippen LogP contribution in [-0.4, -0.2) is 22.1 Å². The van der Waals surface area contributed by atoms with Gasteiger partial charge in [-0.25, -0.2) is 4.98 Å². The summed E-state index contributed by atoms with van der Waals surface area (Å²) in [7, 11) is 0. The van der Waals surface area contributed by atoms with Crippen LogP contribution in [0.4, 0.5) is 0 Å². The van der Waals surface area contributed by atoms with Crippen LogP contribution in [0.2, 0.25) is 5.02 Å². The quantitative estimate of drug-likeness (QED) is 0.315. The molecule has 5 nitrogen and oxygen atoms in total. The zero-order chi connectivity index (χ0) is 23.4. The first kappa shape index (κ1) is 22.9. The highest BCUT2D eigenvalue weighted by Gasteiger charge is 2.19. The van der Waals surface area contributed by atoms with Crippen LogP contribution in [-0.2, 0) is 6.54 Å². The largest absolute Gasteiger partial charge is 0.493 e. The van der Waals surface area contributed by atoms with Gasteiger partial charge in [-0.1, -0.05) is 41.9 Å². The third-order valence-electron chi connectivity index (χ3n) is 5.84. The van der Waals surface area contributed by atoms with Crippen LogP contribution in [0.5, 0.6) is 5.75 Å². The monoisotopic (exact) mass is 461 g/mol. The van der Waals surface area contributed by atoms with E-state index in [0.29, 0.717) is 17.2 Å². The zero-order valence-corrected chi connectivity index (χ0v) is 19.9. The predicted octanol–water partition coefficient (Wildman–Crippen LogP) is 6.27. The maximum atomic E-state index is 12.8. The Kier molecular flexibility index (Phi) is 6.99. The first-order valence-electron chi connectivity index (χ1n) is 11.1. The number of hydrogen-bond donors (Lipinski definition) is 1. The number of para-hydroxylation sites is 2. The highest BCUT2D eigenvalue weighted by Crippen LogP contribution is 2.23. The number of aromatic nitrogens is 2. The van der Waals surface area contributed by atoms with Gasteiger partial charge >= 0.3 is 0 Å². The van der Waals surface area contributed by atoms with Crippen molar-refractivity contribution in [2.24, 2.45) is 0 Å². The second-order valence-corrected chi connectivity index (χ2v) is 8.65. The Morgan fingerprint density at radius 3 is 2.70 bits per heavy atom. The van der Waals surface area contributed by atoms with Crippen LogP contribution in [0.15, 0.2) is 66.7 Å². The molecule has 1 amide bonds. The summed E-state index contributed by atoms with van der Waals surface area (Å²) >= 11 is 6.05. The third-order valence-corrected chi connectivity index (χ3v) is 6.08. The van der Waals surface area contributed by atoms with E-state index in [2.05, 4.69) is 35.9 Å². The first-order chi connectivity index (χ1) is 15.9. The maximum absolute atomic E-state index is 12.8. The fourth-order valence-electron chi connectivity index (χ4n) is 3.92. The summed E-state index contributed by atoms with van der Waals surface area (Å²) in [5, 5.41) is 3.59. The molecule has 0 radical (unpaired) electrons. The van der Waals surface area contributed by atoms with Crippen molar-refractivity contribution in [1.29, 1.82) is 0 Å². The molecule has 4 rings (SSSR count). The van der Waals surface area contributed by atoms with Gasteiger partial charge in [-0.15, -0.1) is 0 Å². The maximum Gasteiger partial charge on any atom is 0.251 e. The minimum absolute atomic E-state index is 0.179. The topological polar surface area (TPSA) is 56.1 Å². The highest BCUT2D eigenvalue weighted by atomic mass is 35.5. The Bertz CT molecular complexity index is 1280. The molecule has 0 aliphatic rings. The van der Waals surface area contributed by atoms with E-state index in [0.717, 1.165) is 35.6 Å². The lowest BCUT2D eigenvalue weighted by Crippen LogP contribution is -2.28. The molecule has 3 aromatic carbocycles. The molecule has 1 aromatic heterocycles. The summed E-state index contributed by atoms with van der Waals surface area (Å²) in [4.78, 5) is 17.6. The van der Waals surface area contributed by atoms with Gasteiger partial charge < -0.3 is 14.6 Å². The Balaban J connectivity index is 1.49. The molecule has 0 saturated carbocycles. The smallest absolute Gasteiger partial charge is 0.251 e. The van der Waals surface area contributed by atoms with Crippen LogP contribution in [0.3, 0.4) is 0 Å². The van der Waals surface area contributed by atoms with Gasteiger partial charge in [-0.2, -0.15) is 0 Å². The average molecular weight is 462 g/mol. The highest BCUT2D eigenvalue weighted by molar-refractivity contribution is 6.30. The van der Waals surface area contributed by atoms with Crippen LogP contribution in [0.1, 0.15) is 46.7 Å².